The van der Waals surface area contributed by atoms with E-state index in [1.165, 1.54) is 12.1 Å². The van der Waals surface area contributed by atoms with Gasteiger partial charge in [-0.05, 0) is 36.2 Å². The molecular weight excluding hydrogens is 305 g/mol. The largest absolute Gasteiger partial charge is 0.468 e. The molecule has 1 aliphatic heterocycles. The van der Waals surface area contributed by atoms with Crippen LogP contribution < -0.4 is 0 Å². The van der Waals surface area contributed by atoms with Gasteiger partial charge in [-0.1, -0.05) is 12.1 Å². The summed E-state index contributed by atoms with van der Waals surface area (Å²) in [5.74, 6) is 0.869. The number of nitrogens with zero attached hydrogens (tertiary/aromatic N) is 1. The van der Waals surface area contributed by atoms with E-state index in [-0.39, 0.29) is 23.4 Å². The molecule has 1 aromatic carbocycles. The van der Waals surface area contributed by atoms with Gasteiger partial charge in [-0.2, -0.15) is 0 Å². The average molecular weight is 323 g/mol. The number of furan rings is 1. The summed E-state index contributed by atoms with van der Waals surface area (Å²) in [6.45, 7) is 1.02. The third-order valence-corrected chi connectivity index (χ3v) is 5.69. The van der Waals surface area contributed by atoms with Crippen molar-refractivity contribution in [2.45, 2.75) is 25.6 Å². The number of hydrogen-bond acceptors (Lipinski definition) is 4. The summed E-state index contributed by atoms with van der Waals surface area (Å²) in [5, 5.41) is 0. The van der Waals surface area contributed by atoms with Gasteiger partial charge in [-0.25, -0.2) is 12.8 Å². The quantitative estimate of drug-likeness (QED) is 0.849. The normalized spacial score (nSPS) is 20.5. The molecule has 0 saturated carbocycles. The molecule has 118 valence electrons. The fraction of sp³-hybridized carbons (Fsp3) is 0.375. The second-order valence-corrected chi connectivity index (χ2v) is 7.90. The standard InChI is InChI=1S/C16H18FNO3S/c17-14-4-1-3-13(9-14)10-18(11-16-5-2-7-21-16)15-6-8-22(19,20)12-15/h1-5,7,9,15H,6,8,10-12H2/t15-/m1/s1. The van der Waals surface area contributed by atoms with E-state index in [2.05, 4.69) is 4.90 Å². The summed E-state index contributed by atoms with van der Waals surface area (Å²) in [4.78, 5) is 2.05. The van der Waals surface area contributed by atoms with Gasteiger partial charge in [-0.3, -0.25) is 4.90 Å². The van der Waals surface area contributed by atoms with Crippen molar-refractivity contribution < 1.29 is 17.2 Å². The summed E-state index contributed by atoms with van der Waals surface area (Å²) < 4.78 is 42.2. The first-order valence-electron chi connectivity index (χ1n) is 7.23. The van der Waals surface area contributed by atoms with Crippen LogP contribution in [0.1, 0.15) is 17.7 Å². The summed E-state index contributed by atoms with van der Waals surface area (Å²) in [6.07, 6.45) is 2.21. The highest BCUT2D eigenvalue weighted by Crippen LogP contribution is 2.22. The predicted molar refractivity (Wildman–Crippen MR) is 81.4 cm³/mol. The molecule has 0 radical (unpaired) electrons. The summed E-state index contributed by atoms with van der Waals surface area (Å²) >= 11 is 0. The smallest absolute Gasteiger partial charge is 0.151 e. The SMILES string of the molecule is O=S1(=O)CC[C@@H](N(Cc2cccc(F)c2)Cc2ccco2)C1. The van der Waals surface area contributed by atoms with Crippen LogP contribution in [0.2, 0.25) is 0 Å². The zero-order valence-corrected chi connectivity index (χ0v) is 12.9. The highest BCUT2D eigenvalue weighted by atomic mass is 32.2. The number of halogens is 1. The van der Waals surface area contributed by atoms with Gasteiger partial charge in [0.1, 0.15) is 11.6 Å². The van der Waals surface area contributed by atoms with E-state index >= 15 is 0 Å². The van der Waals surface area contributed by atoms with Crippen molar-refractivity contribution in [1.29, 1.82) is 0 Å². The van der Waals surface area contributed by atoms with Gasteiger partial charge in [-0.15, -0.1) is 0 Å². The molecule has 1 saturated heterocycles. The van der Waals surface area contributed by atoms with Gasteiger partial charge >= 0.3 is 0 Å². The van der Waals surface area contributed by atoms with E-state index in [4.69, 9.17) is 4.42 Å². The van der Waals surface area contributed by atoms with Crippen molar-refractivity contribution >= 4 is 9.84 Å². The molecule has 1 atom stereocenters. The Morgan fingerprint density at radius 3 is 2.73 bits per heavy atom. The Balaban J connectivity index is 1.79. The summed E-state index contributed by atoms with van der Waals surface area (Å²) in [5.41, 5.74) is 0.829. The molecule has 0 N–H and O–H groups in total. The predicted octanol–water partition coefficient (Wildman–Crippen LogP) is 2.61. The Bertz CT molecular complexity index is 728. The van der Waals surface area contributed by atoms with Crippen LogP contribution in [0.5, 0.6) is 0 Å². The van der Waals surface area contributed by atoms with Gasteiger partial charge in [0.25, 0.3) is 0 Å². The van der Waals surface area contributed by atoms with Crippen LogP contribution in [-0.4, -0.2) is 30.9 Å². The van der Waals surface area contributed by atoms with Crippen LogP contribution in [0.25, 0.3) is 0 Å². The first-order valence-corrected chi connectivity index (χ1v) is 9.05. The van der Waals surface area contributed by atoms with Gasteiger partial charge in [0.15, 0.2) is 9.84 Å². The van der Waals surface area contributed by atoms with Crippen LogP contribution in [0.4, 0.5) is 4.39 Å². The summed E-state index contributed by atoms with van der Waals surface area (Å²) in [7, 11) is -2.97. The van der Waals surface area contributed by atoms with Crippen LogP contribution >= 0.6 is 0 Å². The second kappa shape index (κ2) is 6.22. The molecule has 2 heterocycles. The monoisotopic (exact) mass is 323 g/mol. The van der Waals surface area contributed by atoms with E-state index in [0.29, 0.717) is 19.5 Å². The van der Waals surface area contributed by atoms with Gasteiger partial charge in [0.2, 0.25) is 0 Å². The topological polar surface area (TPSA) is 50.5 Å². The average Bonchev–Trinajstić information content (AvgIpc) is 3.07. The maximum Gasteiger partial charge on any atom is 0.151 e. The molecule has 1 aromatic heterocycles. The molecule has 0 bridgehead atoms. The van der Waals surface area contributed by atoms with E-state index in [1.807, 2.05) is 12.1 Å². The van der Waals surface area contributed by atoms with Gasteiger partial charge in [0.05, 0.1) is 24.3 Å². The molecule has 3 rings (SSSR count). The fourth-order valence-electron chi connectivity index (χ4n) is 2.85. The third-order valence-electron chi connectivity index (χ3n) is 3.94. The number of benzene rings is 1. The fourth-order valence-corrected chi connectivity index (χ4v) is 4.61. The molecule has 0 amide bonds. The Morgan fingerprint density at radius 2 is 2.09 bits per heavy atom. The third kappa shape index (κ3) is 3.75. The molecule has 2 aromatic rings. The minimum Gasteiger partial charge on any atom is -0.468 e. The highest BCUT2D eigenvalue weighted by Gasteiger charge is 2.32. The van der Waals surface area contributed by atoms with Crippen LogP contribution in [-0.2, 0) is 22.9 Å². The molecule has 1 aliphatic rings. The van der Waals surface area contributed by atoms with E-state index in [1.54, 1.807) is 18.4 Å². The van der Waals surface area contributed by atoms with E-state index in [0.717, 1.165) is 11.3 Å². The van der Waals surface area contributed by atoms with Crippen molar-refractivity contribution in [3.8, 4) is 0 Å². The van der Waals surface area contributed by atoms with Crippen LogP contribution in [0.3, 0.4) is 0 Å². The number of rotatable bonds is 5. The zero-order valence-electron chi connectivity index (χ0n) is 12.1. The van der Waals surface area contributed by atoms with Crippen molar-refractivity contribution in [3.63, 3.8) is 0 Å². The number of hydrogen-bond donors (Lipinski definition) is 0. The first kappa shape index (κ1) is 15.2. The lowest BCUT2D eigenvalue weighted by Gasteiger charge is -2.27. The van der Waals surface area contributed by atoms with Crippen molar-refractivity contribution in [3.05, 3.63) is 59.8 Å². The zero-order chi connectivity index (χ0) is 15.6. The summed E-state index contributed by atoms with van der Waals surface area (Å²) in [6, 6.07) is 10.0. The maximum absolute atomic E-state index is 13.4. The number of sulfone groups is 1. The van der Waals surface area contributed by atoms with Gasteiger partial charge in [0, 0.05) is 12.6 Å². The Kier molecular flexibility index (Phi) is 4.31. The Morgan fingerprint density at radius 1 is 1.23 bits per heavy atom. The lowest BCUT2D eigenvalue weighted by atomic mass is 10.1. The molecule has 4 nitrogen and oxygen atoms in total. The molecule has 1 fully saturated rings. The molecule has 0 unspecified atom stereocenters. The Hall–Kier alpha value is -1.66. The van der Waals surface area contributed by atoms with Gasteiger partial charge < -0.3 is 4.42 Å². The molecule has 0 spiro atoms. The molecule has 22 heavy (non-hydrogen) atoms. The van der Waals surface area contributed by atoms with E-state index < -0.39 is 9.84 Å². The lowest BCUT2D eigenvalue weighted by Crippen LogP contribution is -2.35. The van der Waals surface area contributed by atoms with E-state index in [9.17, 15) is 12.8 Å². The second-order valence-electron chi connectivity index (χ2n) is 5.67. The minimum atomic E-state index is -2.97. The molecular formula is C16H18FNO3S. The van der Waals surface area contributed by atoms with Crippen molar-refractivity contribution in [2.24, 2.45) is 0 Å². The van der Waals surface area contributed by atoms with Crippen LogP contribution in [0.15, 0.2) is 47.1 Å². The van der Waals surface area contributed by atoms with Crippen molar-refractivity contribution in [1.82, 2.24) is 4.90 Å². The molecule has 0 aliphatic carbocycles. The van der Waals surface area contributed by atoms with Crippen molar-refractivity contribution in [2.75, 3.05) is 11.5 Å². The Labute approximate surface area is 129 Å². The molecule has 6 heteroatoms. The van der Waals surface area contributed by atoms with Crippen LogP contribution in [0, 0.1) is 5.82 Å². The highest BCUT2D eigenvalue weighted by molar-refractivity contribution is 7.91. The minimum absolute atomic E-state index is 0.0571. The first-order chi connectivity index (χ1) is 10.5. The lowest BCUT2D eigenvalue weighted by molar-refractivity contribution is 0.179. The maximum atomic E-state index is 13.4.